The third-order valence-corrected chi connectivity index (χ3v) is 2.88. The lowest BCUT2D eigenvalue weighted by Crippen LogP contribution is -2.23. The van der Waals surface area contributed by atoms with E-state index in [9.17, 15) is 0 Å². The molecule has 20 heavy (non-hydrogen) atoms. The average Bonchev–Trinajstić information content (AvgIpc) is 2.43. The summed E-state index contributed by atoms with van der Waals surface area (Å²) in [6.07, 6.45) is 4.25. The molecule has 0 radical (unpaired) electrons. The summed E-state index contributed by atoms with van der Waals surface area (Å²) < 4.78 is 0. The van der Waals surface area contributed by atoms with Gasteiger partial charge in [-0.3, -0.25) is 5.43 Å². The summed E-state index contributed by atoms with van der Waals surface area (Å²) in [5.74, 6) is 0. The Bertz CT molecular complexity index is 608. The maximum atomic E-state index is 5.76. The van der Waals surface area contributed by atoms with E-state index in [1.165, 1.54) is 5.56 Å². The molecule has 0 saturated heterocycles. The summed E-state index contributed by atoms with van der Waals surface area (Å²) in [5, 5.41) is 4.55. The third-order valence-electron chi connectivity index (χ3n) is 2.56. The Hall–Kier alpha value is -1.98. The largest absolute Gasteiger partial charge is 0.375 e. The number of hydrogen-bond donors (Lipinski definition) is 2. The molecule has 2 aromatic rings. The highest BCUT2D eigenvalue weighted by atomic mass is 35.5. The monoisotopic (exact) mass is 304 g/mol. The van der Waals surface area contributed by atoms with Crippen LogP contribution < -0.4 is 11.2 Å². The maximum Gasteiger partial charge on any atom is 0.184 e. The van der Waals surface area contributed by atoms with Crippen molar-refractivity contribution in [2.75, 3.05) is 0 Å². The van der Waals surface area contributed by atoms with E-state index < -0.39 is 0 Å². The minimum absolute atomic E-state index is 0.146. The summed E-state index contributed by atoms with van der Waals surface area (Å²) in [5.41, 5.74) is 11.0. The molecule has 0 aliphatic rings. The molecule has 0 bridgehead atoms. The van der Waals surface area contributed by atoms with Gasteiger partial charge in [-0.05, 0) is 41.4 Å². The second-order valence-corrected chi connectivity index (χ2v) is 4.97. The van der Waals surface area contributed by atoms with Crippen LogP contribution in [0.5, 0.6) is 0 Å². The van der Waals surface area contributed by atoms with Crippen molar-refractivity contribution in [3.05, 3.63) is 64.4 Å². The second-order valence-electron chi connectivity index (χ2n) is 4.14. The Morgan fingerprint density at radius 1 is 1.25 bits per heavy atom. The normalized spacial score (nSPS) is 10.7. The smallest absolute Gasteiger partial charge is 0.184 e. The Morgan fingerprint density at radius 2 is 1.95 bits per heavy atom. The van der Waals surface area contributed by atoms with Crippen molar-refractivity contribution >= 4 is 35.1 Å². The number of aromatic nitrogens is 1. The van der Waals surface area contributed by atoms with Gasteiger partial charge in [0.05, 0.1) is 6.21 Å². The molecule has 1 heterocycles. The van der Waals surface area contributed by atoms with E-state index in [0.29, 0.717) is 5.15 Å². The van der Waals surface area contributed by atoms with Crippen LogP contribution in [0.2, 0.25) is 5.15 Å². The molecule has 1 aromatic heterocycles. The lowest BCUT2D eigenvalue weighted by Gasteiger charge is -2.02. The number of nitrogens with one attached hydrogen (secondary N) is 1. The van der Waals surface area contributed by atoms with Crippen LogP contribution >= 0.6 is 23.8 Å². The summed E-state index contributed by atoms with van der Waals surface area (Å²) in [7, 11) is 0. The van der Waals surface area contributed by atoms with Crippen LogP contribution in [0.3, 0.4) is 0 Å². The van der Waals surface area contributed by atoms with Gasteiger partial charge < -0.3 is 5.73 Å². The zero-order valence-electron chi connectivity index (χ0n) is 10.6. The highest BCUT2D eigenvalue weighted by Gasteiger charge is 1.97. The van der Waals surface area contributed by atoms with Gasteiger partial charge in [-0.25, -0.2) is 4.98 Å². The lowest BCUT2D eigenvalue weighted by atomic mass is 10.1. The van der Waals surface area contributed by atoms with Gasteiger partial charge in [-0.1, -0.05) is 41.9 Å². The van der Waals surface area contributed by atoms with Crippen LogP contribution in [0.15, 0.2) is 47.7 Å². The fourth-order valence-electron chi connectivity index (χ4n) is 1.64. The van der Waals surface area contributed by atoms with Crippen LogP contribution in [-0.4, -0.2) is 16.3 Å². The third kappa shape index (κ3) is 4.60. The fourth-order valence-corrected chi connectivity index (χ4v) is 1.80. The standard InChI is InChI=1S/C14H13ClN4S/c15-13-6-5-12(8-17-13)7-10-1-3-11(4-2-10)9-18-19-14(16)20/h1-6,8-9H,7H2,(H3,16,19,20). The van der Waals surface area contributed by atoms with E-state index in [1.807, 2.05) is 30.3 Å². The molecule has 0 spiro atoms. The second kappa shape index (κ2) is 6.98. The molecular formula is C14H13ClN4S. The molecule has 0 aliphatic carbocycles. The Morgan fingerprint density at radius 3 is 2.55 bits per heavy atom. The van der Waals surface area contributed by atoms with Crippen molar-refractivity contribution in [2.45, 2.75) is 6.42 Å². The molecule has 6 heteroatoms. The number of halogens is 1. The van der Waals surface area contributed by atoms with Crippen molar-refractivity contribution in [3.63, 3.8) is 0 Å². The van der Waals surface area contributed by atoms with E-state index >= 15 is 0 Å². The fraction of sp³-hybridized carbons (Fsp3) is 0.0714. The molecule has 102 valence electrons. The first-order valence-electron chi connectivity index (χ1n) is 5.91. The van der Waals surface area contributed by atoms with Crippen molar-refractivity contribution in [2.24, 2.45) is 10.8 Å². The van der Waals surface area contributed by atoms with Gasteiger partial charge in [0.1, 0.15) is 5.15 Å². The molecule has 4 nitrogen and oxygen atoms in total. The lowest BCUT2D eigenvalue weighted by molar-refractivity contribution is 1.04. The SMILES string of the molecule is NC(=S)NN=Cc1ccc(Cc2ccc(Cl)nc2)cc1. The van der Waals surface area contributed by atoms with E-state index in [2.05, 4.69) is 27.7 Å². The molecular weight excluding hydrogens is 292 g/mol. The van der Waals surface area contributed by atoms with Gasteiger partial charge >= 0.3 is 0 Å². The first-order valence-corrected chi connectivity index (χ1v) is 6.70. The topological polar surface area (TPSA) is 63.3 Å². The molecule has 0 atom stereocenters. The van der Waals surface area contributed by atoms with E-state index in [0.717, 1.165) is 17.5 Å². The van der Waals surface area contributed by atoms with Crippen LogP contribution in [0.25, 0.3) is 0 Å². The van der Waals surface area contributed by atoms with Gasteiger partial charge in [0.25, 0.3) is 0 Å². The van der Waals surface area contributed by atoms with Crippen LogP contribution in [0.1, 0.15) is 16.7 Å². The molecule has 2 rings (SSSR count). The highest BCUT2D eigenvalue weighted by Crippen LogP contribution is 2.11. The molecule has 0 amide bonds. The number of benzene rings is 1. The molecule has 0 fully saturated rings. The molecule has 0 aliphatic heterocycles. The first-order chi connectivity index (χ1) is 9.63. The summed E-state index contributed by atoms with van der Waals surface area (Å²) >= 11 is 10.4. The number of hydrazone groups is 1. The Balaban J connectivity index is 1.99. The number of hydrogen-bond acceptors (Lipinski definition) is 3. The first kappa shape index (κ1) is 14.4. The zero-order chi connectivity index (χ0) is 14.4. The summed E-state index contributed by atoms with van der Waals surface area (Å²) in [6.45, 7) is 0. The van der Waals surface area contributed by atoms with Crippen molar-refractivity contribution in [3.8, 4) is 0 Å². The van der Waals surface area contributed by atoms with Crippen molar-refractivity contribution in [1.82, 2.24) is 10.4 Å². The quantitative estimate of drug-likeness (QED) is 0.394. The van der Waals surface area contributed by atoms with Crippen molar-refractivity contribution < 1.29 is 0 Å². The number of rotatable bonds is 4. The molecule has 1 aromatic carbocycles. The average molecular weight is 305 g/mol. The van der Waals surface area contributed by atoms with Gasteiger partial charge in [-0.15, -0.1) is 0 Å². The van der Waals surface area contributed by atoms with Crippen molar-refractivity contribution in [1.29, 1.82) is 0 Å². The van der Waals surface area contributed by atoms with E-state index in [4.69, 9.17) is 17.3 Å². The predicted molar refractivity (Wildman–Crippen MR) is 86.0 cm³/mol. The summed E-state index contributed by atoms with van der Waals surface area (Å²) in [6, 6.07) is 11.8. The minimum atomic E-state index is 0.146. The zero-order valence-corrected chi connectivity index (χ0v) is 12.2. The number of nitrogens with two attached hydrogens (primary N) is 1. The van der Waals surface area contributed by atoms with Gasteiger partial charge in [0.15, 0.2) is 5.11 Å². The number of nitrogens with zero attached hydrogens (tertiary/aromatic N) is 2. The summed E-state index contributed by atoms with van der Waals surface area (Å²) in [4.78, 5) is 4.06. The molecule has 0 saturated carbocycles. The minimum Gasteiger partial charge on any atom is -0.375 e. The Labute approximate surface area is 127 Å². The van der Waals surface area contributed by atoms with Gasteiger partial charge in [0, 0.05) is 6.20 Å². The Kier molecular flexibility index (Phi) is 5.03. The van der Waals surface area contributed by atoms with Crippen LogP contribution in [0.4, 0.5) is 0 Å². The van der Waals surface area contributed by atoms with Gasteiger partial charge in [0.2, 0.25) is 0 Å². The van der Waals surface area contributed by atoms with Gasteiger partial charge in [-0.2, -0.15) is 5.10 Å². The van der Waals surface area contributed by atoms with E-state index in [-0.39, 0.29) is 5.11 Å². The maximum absolute atomic E-state index is 5.76. The van der Waals surface area contributed by atoms with Crippen LogP contribution in [0, 0.1) is 0 Å². The number of thiocarbonyl (C=S) groups is 1. The van der Waals surface area contributed by atoms with E-state index in [1.54, 1.807) is 18.5 Å². The molecule has 3 N–H and O–H groups in total. The predicted octanol–water partition coefficient (Wildman–Crippen LogP) is 2.49. The van der Waals surface area contributed by atoms with Crippen LogP contribution in [-0.2, 0) is 6.42 Å². The number of pyridine rings is 1. The molecule has 0 unspecified atom stereocenters. The highest BCUT2D eigenvalue weighted by molar-refractivity contribution is 7.80.